The lowest BCUT2D eigenvalue weighted by molar-refractivity contribution is -0.117. The van der Waals surface area contributed by atoms with Gasteiger partial charge >= 0.3 is 0 Å². The summed E-state index contributed by atoms with van der Waals surface area (Å²) >= 11 is 4.88. The average molecular weight is 397 g/mol. The van der Waals surface area contributed by atoms with Crippen molar-refractivity contribution in [3.63, 3.8) is 0 Å². The normalized spacial score (nSPS) is 10.8. The fourth-order valence-electron chi connectivity index (χ4n) is 2.12. The summed E-state index contributed by atoms with van der Waals surface area (Å²) in [7, 11) is 1.86. The second-order valence-electron chi connectivity index (χ2n) is 5.19. The summed E-state index contributed by atoms with van der Waals surface area (Å²) in [6.07, 6.45) is 2.03. The topological polar surface area (TPSA) is 32.3 Å². The van der Waals surface area contributed by atoms with Crippen LogP contribution in [0.1, 0.15) is 5.56 Å². The number of carbonyl (C=O) groups is 1. The molecule has 6 heteroatoms. The zero-order valence-electron chi connectivity index (χ0n) is 13.0. The predicted octanol–water partition coefficient (Wildman–Crippen LogP) is 4.38. The molecule has 0 unspecified atom stereocenters. The molecule has 0 radical (unpaired) electrons. The van der Waals surface area contributed by atoms with Crippen molar-refractivity contribution in [1.82, 2.24) is 4.90 Å². The van der Waals surface area contributed by atoms with Crippen molar-refractivity contribution in [2.45, 2.75) is 11.4 Å². The molecule has 2 aromatic carbocycles. The molecule has 3 nitrogen and oxygen atoms in total. The van der Waals surface area contributed by atoms with Gasteiger partial charge in [0.2, 0.25) is 5.91 Å². The van der Waals surface area contributed by atoms with Gasteiger partial charge in [-0.2, -0.15) is 0 Å². The summed E-state index contributed by atoms with van der Waals surface area (Å²) in [5.41, 5.74) is 1.32. The maximum Gasteiger partial charge on any atom is 0.238 e. The Labute approximate surface area is 148 Å². The Balaban J connectivity index is 1.88. The van der Waals surface area contributed by atoms with Gasteiger partial charge in [0, 0.05) is 15.9 Å². The molecule has 23 heavy (non-hydrogen) atoms. The number of hydrogen-bond donors (Lipinski definition) is 1. The van der Waals surface area contributed by atoms with Crippen LogP contribution in [0, 0.1) is 5.82 Å². The lowest BCUT2D eigenvalue weighted by atomic mass is 10.2. The van der Waals surface area contributed by atoms with Gasteiger partial charge in [-0.05, 0) is 49.2 Å². The molecule has 0 aliphatic heterocycles. The maximum atomic E-state index is 13.7. The highest BCUT2D eigenvalue weighted by Crippen LogP contribution is 2.19. The maximum absolute atomic E-state index is 13.7. The Morgan fingerprint density at radius 1 is 1.26 bits per heavy atom. The molecule has 0 heterocycles. The molecule has 0 atom stereocenters. The number of likely N-dealkylation sites (N-methyl/N-ethyl adjacent to an activating group) is 1. The molecule has 0 aliphatic rings. The third-order valence-corrected chi connectivity index (χ3v) is 4.47. The number of thioether (sulfide) groups is 1. The number of benzene rings is 2. The highest BCUT2D eigenvalue weighted by Gasteiger charge is 2.10. The number of nitrogens with zero attached hydrogens (tertiary/aromatic N) is 1. The zero-order valence-corrected chi connectivity index (χ0v) is 15.4. The molecule has 122 valence electrons. The van der Waals surface area contributed by atoms with E-state index in [0.29, 0.717) is 11.0 Å². The molecule has 0 spiro atoms. The van der Waals surface area contributed by atoms with E-state index in [1.165, 1.54) is 11.0 Å². The molecule has 0 saturated carbocycles. The smallest absolute Gasteiger partial charge is 0.238 e. The van der Waals surface area contributed by atoms with Crippen molar-refractivity contribution >= 4 is 39.3 Å². The molecule has 0 saturated heterocycles. The molecule has 1 amide bonds. The summed E-state index contributed by atoms with van der Waals surface area (Å²) < 4.78 is 14.3. The first-order valence-electron chi connectivity index (χ1n) is 7.04. The van der Waals surface area contributed by atoms with Crippen molar-refractivity contribution in [1.29, 1.82) is 0 Å². The Bertz CT molecular complexity index is 679. The van der Waals surface area contributed by atoms with Gasteiger partial charge in [0.15, 0.2) is 0 Å². The molecule has 0 aromatic heterocycles. The minimum atomic E-state index is -0.456. The van der Waals surface area contributed by atoms with Gasteiger partial charge < -0.3 is 5.32 Å². The number of anilines is 1. The van der Waals surface area contributed by atoms with E-state index in [4.69, 9.17) is 0 Å². The van der Waals surface area contributed by atoms with Crippen LogP contribution >= 0.6 is 27.7 Å². The van der Waals surface area contributed by atoms with Crippen LogP contribution < -0.4 is 5.32 Å². The summed E-state index contributed by atoms with van der Waals surface area (Å²) in [5.74, 6) is -0.697. The Hall–Kier alpha value is -1.37. The standard InChI is InChI=1S/C17H18BrFN2OS/c1-21(10-12-3-6-14(23-2)7-4-12)11-17(22)20-16-8-5-13(18)9-15(16)19/h3-9H,10-11H2,1-2H3,(H,20,22). The third-order valence-electron chi connectivity index (χ3n) is 3.23. The summed E-state index contributed by atoms with van der Waals surface area (Å²) in [5, 5.41) is 2.59. The molecular weight excluding hydrogens is 379 g/mol. The van der Waals surface area contributed by atoms with E-state index >= 15 is 0 Å². The van der Waals surface area contributed by atoms with Gasteiger partial charge in [-0.25, -0.2) is 4.39 Å². The molecule has 2 rings (SSSR count). The molecule has 0 bridgehead atoms. The van der Waals surface area contributed by atoms with Gasteiger partial charge in [-0.1, -0.05) is 28.1 Å². The van der Waals surface area contributed by atoms with Crippen LogP contribution in [0.2, 0.25) is 0 Å². The third kappa shape index (κ3) is 5.64. The van der Waals surface area contributed by atoms with Gasteiger partial charge in [0.05, 0.1) is 12.2 Å². The van der Waals surface area contributed by atoms with Gasteiger partial charge in [0.1, 0.15) is 5.82 Å². The highest BCUT2D eigenvalue weighted by molar-refractivity contribution is 9.10. The summed E-state index contributed by atoms with van der Waals surface area (Å²) in [6.45, 7) is 0.852. The van der Waals surface area contributed by atoms with Crippen molar-refractivity contribution in [2.24, 2.45) is 0 Å². The predicted molar refractivity (Wildman–Crippen MR) is 97.3 cm³/mol. The van der Waals surface area contributed by atoms with Crippen LogP contribution in [0.5, 0.6) is 0 Å². The fourth-order valence-corrected chi connectivity index (χ4v) is 2.87. The van der Waals surface area contributed by atoms with Crippen molar-refractivity contribution < 1.29 is 9.18 Å². The molecular formula is C17H18BrFN2OS. The van der Waals surface area contributed by atoms with E-state index in [9.17, 15) is 9.18 Å². The van der Waals surface area contributed by atoms with Gasteiger partial charge in [0.25, 0.3) is 0 Å². The minimum Gasteiger partial charge on any atom is -0.322 e. The largest absolute Gasteiger partial charge is 0.322 e. The van der Waals surface area contributed by atoms with E-state index in [2.05, 4.69) is 45.5 Å². The van der Waals surface area contributed by atoms with Crippen LogP contribution in [0.3, 0.4) is 0 Å². The van der Waals surface area contributed by atoms with E-state index < -0.39 is 5.82 Å². The lowest BCUT2D eigenvalue weighted by Gasteiger charge is -2.16. The quantitative estimate of drug-likeness (QED) is 0.735. The first-order chi connectivity index (χ1) is 11.0. The number of carbonyl (C=O) groups excluding carboxylic acids is 1. The number of halogens is 2. The minimum absolute atomic E-state index is 0.191. The monoisotopic (exact) mass is 396 g/mol. The lowest BCUT2D eigenvalue weighted by Crippen LogP contribution is -2.30. The molecule has 1 N–H and O–H groups in total. The second-order valence-corrected chi connectivity index (χ2v) is 6.99. The van der Waals surface area contributed by atoms with Crippen molar-refractivity contribution in [3.8, 4) is 0 Å². The van der Waals surface area contributed by atoms with Gasteiger partial charge in [-0.15, -0.1) is 11.8 Å². The number of hydrogen-bond acceptors (Lipinski definition) is 3. The second kappa shape index (κ2) is 8.47. The summed E-state index contributed by atoms with van der Waals surface area (Å²) in [6, 6.07) is 12.8. The van der Waals surface area contributed by atoms with E-state index in [1.54, 1.807) is 23.9 Å². The first-order valence-corrected chi connectivity index (χ1v) is 9.06. The van der Waals surface area contributed by atoms with E-state index in [1.807, 2.05) is 18.2 Å². The first kappa shape index (κ1) is 18.0. The Kier molecular flexibility index (Phi) is 6.62. The fraction of sp³-hybridized carbons (Fsp3) is 0.235. The molecule has 2 aromatic rings. The number of nitrogens with one attached hydrogen (secondary N) is 1. The van der Waals surface area contributed by atoms with E-state index in [0.717, 1.165) is 5.56 Å². The number of amides is 1. The Morgan fingerprint density at radius 2 is 1.96 bits per heavy atom. The highest BCUT2D eigenvalue weighted by atomic mass is 79.9. The van der Waals surface area contributed by atoms with Crippen LogP contribution in [0.25, 0.3) is 0 Å². The van der Waals surface area contributed by atoms with Crippen LogP contribution in [0.15, 0.2) is 51.8 Å². The van der Waals surface area contributed by atoms with Crippen molar-refractivity contribution in [3.05, 3.63) is 58.3 Å². The van der Waals surface area contributed by atoms with Crippen LogP contribution in [0.4, 0.5) is 10.1 Å². The van der Waals surface area contributed by atoms with E-state index in [-0.39, 0.29) is 18.1 Å². The number of rotatable bonds is 6. The van der Waals surface area contributed by atoms with Crippen LogP contribution in [-0.2, 0) is 11.3 Å². The SMILES string of the molecule is CSc1ccc(CN(C)CC(=O)Nc2ccc(Br)cc2F)cc1. The summed E-state index contributed by atoms with van der Waals surface area (Å²) in [4.78, 5) is 15.1. The van der Waals surface area contributed by atoms with Crippen molar-refractivity contribution in [2.75, 3.05) is 25.2 Å². The molecule has 0 aliphatic carbocycles. The Morgan fingerprint density at radius 3 is 2.57 bits per heavy atom. The zero-order chi connectivity index (χ0) is 16.8. The average Bonchev–Trinajstić information content (AvgIpc) is 2.50. The molecule has 0 fully saturated rings. The van der Waals surface area contributed by atoms with Crippen LogP contribution in [-0.4, -0.2) is 30.7 Å². The van der Waals surface area contributed by atoms with Gasteiger partial charge in [-0.3, -0.25) is 9.69 Å².